The highest BCUT2D eigenvalue weighted by Crippen LogP contribution is 2.32. The summed E-state index contributed by atoms with van der Waals surface area (Å²) in [5.41, 5.74) is 1.99. The van der Waals surface area contributed by atoms with E-state index in [9.17, 15) is 9.50 Å². The minimum Gasteiger partial charge on any atom is -0.510 e. The van der Waals surface area contributed by atoms with Gasteiger partial charge in [0.2, 0.25) is 0 Å². The van der Waals surface area contributed by atoms with Crippen molar-refractivity contribution in [3.05, 3.63) is 46.2 Å². The van der Waals surface area contributed by atoms with Crippen molar-refractivity contribution in [2.45, 2.75) is 6.42 Å². The number of aromatic nitrogens is 1. The number of aliphatic hydroxyl groups is 1. The average molecular weight is 347 g/mol. The molecule has 0 unspecified atom stereocenters. The van der Waals surface area contributed by atoms with Gasteiger partial charge >= 0.3 is 0 Å². The third-order valence-electron chi connectivity index (χ3n) is 3.82. The Bertz CT molecular complexity index is 770. The molecule has 0 bridgehead atoms. The van der Waals surface area contributed by atoms with Crippen LogP contribution < -0.4 is 0 Å². The van der Waals surface area contributed by atoms with Crippen LogP contribution in [-0.2, 0) is 4.74 Å². The molecule has 0 amide bonds. The fourth-order valence-corrected chi connectivity index (χ4v) is 3.49. The number of amidine groups is 1. The lowest BCUT2D eigenvalue weighted by molar-refractivity contribution is 0.186. The standard InChI is InChI=1S/C17H18FN3O2S/c1-23-8-2-7-21-9-14(22)15(16(21)19)17-20-13(10-24-17)11-3-5-12(18)6-4-11/h3-6,10,19,22H,2,7-9H2,1H3. The highest BCUT2D eigenvalue weighted by atomic mass is 32.1. The number of halogens is 1. The van der Waals surface area contributed by atoms with E-state index in [0.717, 1.165) is 12.0 Å². The summed E-state index contributed by atoms with van der Waals surface area (Å²) in [7, 11) is 1.64. The van der Waals surface area contributed by atoms with E-state index in [4.69, 9.17) is 10.1 Å². The zero-order valence-corrected chi connectivity index (χ0v) is 14.1. The molecule has 1 aliphatic heterocycles. The van der Waals surface area contributed by atoms with E-state index >= 15 is 0 Å². The highest BCUT2D eigenvalue weighted by molar-refractivity contribution is 7.11. The molecule has 2 heterocycles. The Balaban J connectivity index is 1.78. The fourth-order valence-electron chi connectivity index (χ4n) is 2.59. The van der Waals surface area contributed by atoms with Crippen molar-refractivity contribution in [2.24, 2.45) is 0 Å². The van der Waals surface area contributed by atoms with Gasteiger partial charge in [-0.3, -0.25) is 5.41 Å². The predicted octanol–water partition coefficient (Wildman–Crippen LogP) is 3.55. The van der Waals surface area contributed by atoms with Crippen LogP contribution in [0.15, 0.2) is 35.4 Å². The average Bonchev–Trinajstić information content (AvgIpc) is 3.14. The van der Waals surface area contributed by atoms with Crippen molar-refractivity contribution in [3.8, 4) is 11.3 Å². The number of aliphatic hydroxyl groups excluding tert-OH is 1. The number of hydrogen-bond donors (Lipinski definition) is 2. The van der Waals surface area contributed by atoms with E-state index in [-0.39, 0.29) is 17.4 Å². The molecule has 0 spiro atoms. The van der Waals surface area contributed by atoms with Crippen LogP contribution in [0, 0.1) is 11.2 Å². The quantitative estimate of drug-likeness (QED) is 0.784. The molecule has 2 N–H and O–H groups in total. The van der Waals surface area contributed by atoms with E-state index in [1.165, 1.54) is 23.5 Å². The van der Waals surface area contributed by atoms with Crippen LogP contribution in [0.5, 0.6) is 0 Å². The van der Waals surface area contributed by atoms with Crippen molar-refractivity contribution in [1.29, 1.82) is 5.41 Å². The molecule has 5 nitrogen and oxygen atoms in total. The fraction of sp³-hybridized carbons (Fsp3) is 0.294. The minimum absolute atomic E-state index is 0.164. The Morgan fingerprint density at radius 2 is 2.12 bits per heavy atom. The molecule has 0 saturated heterocycles. The number of hydrogen-bond acceptors (Lipinski definition) is 5. The van der Waals surface area contributed by atoms with E-state index in [0.29, 0.717) is 36.0 Å². The molecular weight excluding hydrogens is 329 g/mol. The zero-order chi connectivity index (χ0) is 17.1. The molecule has 0 radical (unpaired) electrons. The number of methoxy groups -OCH3 is 1. The minimum atomic E-state index is -0.293. The van der Waals surface area contributed by atoms with Gasteiger partial charge in [0.15, 0.2) is 0 Å². The van der Waals surface area contributed by atoms with Gasteiger partial charge in [0.1, 0.15) is 22.4 Å². The molecule has 3 rings (SSSR count). The van der Waals surface area contributed by atoms with Crippen LogP contribution in [0.4, 0.5) is 4.39 Å². The van der Waals surface area contributed by atoms with Crippen LogP contribution in [0.2, 0.25) is 0 Å². The molecule has 1 aromatic carbocycles. The smallest absolute Gasteiger partial charge is 0.135 e. The Labute approximate surface area is 143 Å². The Morgan fingerprint density at radius 3 is 2.83 bits per heavy atom. The van der Waals surface area contributed by atoms with Crippen molar-refractivity contribution in [2.75, 3.05) is 26.8 Å². The number of thiazole rings is 1. The van der Waals surface area contributed by atoms with E-state index in [2.05, 4.69) is 4.98 Å². The number of ether oxygens (including phenoxy) is 1. The van der Waals surface area contributed by atoms with Crippen LogP contribution in [0.1, 0.15) is 11.4 Å². The lowest BCUT2D eigenvalue weighted by Crippen LogP contribution is -2.28. The van der Waals surface area contributed by atoms with E-state index < -0.39 is 0 Å². The first-order valence-corrected chi connectivity index (χ1v) is 8.45. The maximum Gasteiger partial charge on any atom is 0.135 e. The summed E-state index contributed by atoms with van der Waals surface area (Å²) in [6, 6.07) is 6.11. The first-order chi connectivity index (χ1) is 11.6. The van der Waals surface area contributed by atoms with Crippen molar-refractivity contribution in [1.82, 2.24) is 9.88 Å². The number of nitrogens with zero attached hydrogens (tertiary/aromatic N) is 2. The topological polar surface area (TPSA) is 69.4 Å². The summed E-state index contributed by atoms with van der Waals surface area (Å²) in [5, 5.41) is 21.0. The Hall–Kier alpha value is -2.25. The maximum atomic E-state index is 13.0. The van der Waals surface area contributed by atoms with Crippen molar-refractivity contribution >= 4 is 22.7 Å². The summed E-state index contributed by atoms with van der Waals surface area (Å²) < 4.78 is 18.1. The van der Waals surface area contributed by atoms with Crippen LogP contribution in [0.3, 0.4) is 0 Å². The molecule has 1 aliphatic rings. The van der Waals surface area contributed by atoms with Crippen LogP contribution in [-0.4, -0.2) is 47.6 Å². The second-order valence-electron chi connectivity index (χ2n) is 5.48. The molecule has 0 saturated carbocycles. The first-order valence-electron chi connectivity index (χ1n) is 7.57. The van der Waals surface area contributed by atoms with Crippen molar-refractivity contribution in [3.63, 3.8) is 0 Å². The summed E-state index contributed by atoms with van der Waals surface area (Å²) in [6.07, 6.45) is 0.790. The molecule has 2 aromatic rings. The van der Waals surface area contributed by atoms with Gasteiger partial charge in [-0.05, 0) is 30.7 Å². The number of rotatable bonds is 6. The molecular formula is C17H18FN3O2S. The van der Waals surface area contributed by atoms with Gasteiger partial charge in [0.25, 0.3) is 0 Å². The van der Waals surface area contributed by atoms with Crippen LogP contribution in [0.25, 0.3) is 16.8 Å². The molecule has 0 fully saturated rings. The molecule has 126 valence electrons. The third kappa shape index (κ3) is 3.32. The van der Waals surface area contributed by atoms with Gasteiger partial charge in [-0.2, -0.15) is 0 Å². The molecule has 7 heteroatoms. The number of nitrogens with one attached hydrogen (secondary N) is 1. The van der Waals surface area contributed by atoms with E-state index in [1.54, 1.807) is 19.2 Å². The largest absolute Gasteiger partial charge is 0.510 e. The van der Waals surface area contributed by atoms with Gasteiger partial charge in [0.05, 0.1) is 17.8 Å². The van der Waals surface area contributed by atoms with E-state index in [1.807, 2.05) is 10.3 Å². The third-order valence-corrected chi connectivity index (χ3v) is 4.68. The van der Waals surface area contributed by atoms with Gasteiger partial charge in [-0.25, -0.2) is 9.37 Å². The monoisotopic (exact) mass is 347 g/mol. The second kappa shape index (κ2) is 7.11. The van der Waals surface area contributed by atoms with Gasteiger partial charge in [-0.1, -0.05) is 0 Å². The summed E-state index contributed by atoms with van der Waals surface area (Å²) in [6.45, 7) is 1.59. The molecule has 1 aromatic heterocycles. The van der Waals surface area contributed by atoms with Gasteiger partial charge in [0, 0.05) is 31.2 Å². The lowest BCUT2D eigenvalue weighted by Gasteiger charge is -2.17. The highest BCUT2D eigenvalue weighted by Gasteiger charge is 2.29. The maximum absolute atomic E-state index is 13.0. The zero-order valence-electron chi connectivity index (χ0n) is 13.3. The first kappa shape index (κ1) is 16.6. The molecule has 0 atom stereocenters. The summed E-state index contributed by atoms with van der Waals surface area (Å²) in [4.78, 5) is 6.32. The van der Waals surface area contributed by atoms with Gasteiger partial charge < -0.3 is 14.7 Å². The molecule has 0 aliphatic carbocycles. The number of benzene rings is 1. The SMILES string of the molecule is COCCCN1CC(O)=C(c2nc(-c3ccc(F)cc3)cs2)C1=N. The normalized spacial score (nSPS) is 14.8. The molecule has 24 heavy (non-hydrogen) atoms. The summed E-state index contributed by atoms with van der Waals surface area (Å²) in [5.74, 6) is 0.153. The summed E-state index contributed by atoms with van der Waals surface area (Å²) >= 11 is 1.37. The van der Waals surface area contributed by atoms with Crippen LogP contribution >= 0.6 is 11.3 Å². The van der Waals surface area contributed by atoms with Gasteiger partial charge in [-0.15, -0.1) is 11.3 Å². The van der Waals surface area contributed by atoms with Crippen molar-refractivity contribution < 1.29 is 14.2 Å². The predicted molar refractivity (Wildman–Crippen MR) is 92.8 cm³/mol. The second-order valence-corrected chi connectivity index (χ2v) is 6.34. The Kier molecular flexibility index (Phi) is 4.92. The Morgan fingerprint density at radius 1 is 1.38 bits per heavy atom. The lowest BCUT2D eigenvalue weighted by atomic mass is 10.2.